The van der Waals surface area contributed by atoms with Crippen molar-refractivity contribution in [2.75, 3.05) is 0 Å². The Labute approximate surface area is 302 Å². The van der Waals surface area contributed by atoms with Gasteiger partial charge in [0.05, 0.1) is 12.0 Å². The van der Waals surface area contributed by atoms with Crippen molar-refractivity contribution in [2.24, 2.45) is 0 Å². The van der Waals surface area contributed by atoms with Gasteiger partial charge in [-0.25, -0.2) is 19.8 Å². The Balaban J connectivity index is 1.21. The molecular weight excluding hydrogens is 637 g/mol. The lowest BCUT2D eigenvalue weighted by Gasteiger charge is -2.41. The van der Waals surface area contributed by atoms with Crippen molar-refractivity contribution in [3.63, 3.8) is 0 Å². The van der Waals surface area contributed by atoms with Crippen LogP contribution >= 0.6 is 0 Å². The minimum Gasteiger partial charge on any atom is -0.457 e. The molecule has 7 aromatic carbocycles. The zero-order valence-electron chi connectivity index (χ0n) is 28.0. The predicted molar refractivity (Wildman–Crippen MR) is 206 cm³/mol. The first kappa shape index (κ1) is 30.9. The first-order valence-electron chi connectivity index (χ1n) is 17.1. The van der Waals surface area contributed by atoms with Gasteiger partial charge in [0.15, 0.2) is 23.2 Å². The Morgan fingerprint density at radius 2 is 0.885 bits per heavy atom. The smallest absolute Gasteiger partial charge is 0.187 e. The summed E-state index contributed by atoms with van der Waals surface area (Å²) in [5, 5.41) is 0. The van der Waals surface area contributed by atoms with Crippen LogP contribution in [0.3, 0.4) is 0 Å². The predicted octanol–water partition coefficient (Wildman–Crippen LogP) is 11.6. The number of fused-ring (bicyclic) bond motifs is 2. The topological polar surface area (TPSA) is 52.3 Å². The van der Waals surface area contributed by atoms with Crippen LogP contribution in [0.25, 0.3) is 50.1 Å². The molecule has 0 amide bonds. The van der Waals surface area contributed by atoms with Crippen LogP contribution in [-0.2, 0) is 5.41 Å². The van der Waals surface area contributed by atoms with E-state index in [9.17, 15) is 0 Å². The van der Waals surface area contributed by atoms with E-state index in [4.69, 9.17) is 26.3 Å². The summed E-state index contributed by atoms with van der Waals surface area (Å²) in [6, 6.07) is 61.9. The van der Waals surface area contributed by atoms with Crippen molar-refractivity contribution in [1.29, 1.82) is 0 Å². The molecule has 0 atom stereocenters. The number of nitrogens with zero attached hydrogens (tertiary/aromatic N) is 4. The van der Waals surface area contributed by atoms with Gasteiger partial charge in [-0.1, -0.05) is 158 Å². The first-order chi connectivity index (χ1) is 25.7. The summed E-state index contributed by atoms with van der Waals surface area (Å²) < 4.78 is 6.64. The molecule has 0 fully saturated rings. The molecule has 0 spiro atoms. The molecule has 8 aromatic rings. The molecule has 52 heavy (non-hydrogen) atoms. The molecule has 0 radical (unpaired) electrons. The van der Waals surface area contributed by atoms with E-state index < -0.39 is 5.41 Å². The molecule has 0 bridgehead atoms. The van der Waals surface area contributed by atoms with E-state index in [-0.39, 0.29) is 0 Å². The van der Waals surface area contributed by atoms with Gasteiger partial charge in [0, 0.05) is 27.8 Å². The van der Waals surface area contributed by atoms with Gasteiger partial charge in [0.1, 0.15) is 11.5 Å². The van der Waals surface area contributed by atoms with Crippen LogP contribution in [0.1, 0.15) is 22.3 Å². The standard InChI is InChI=1S/C47H30N4O/c1-48-39-27-24-33(25-28-39)45-49-44(32-14-5-2-6-15-32)50-46(51-45)36-17-13-16-34(30-36)35-26-29-43-41(31-35)47(37-18-7-3-8-19-37,38-20-9-4-10-21-38)40-22-11-12-23-42(40)52-43/h2-31H. The Morgan fingerprint density at radius 1 is 0.404 bits per heavy atom. The molecule has 5 nitrogen and oxygen atoms in total. The van der Waals surface area contributed by atoms with Crippen LogP contribution in [0, 0.1) is 6.57 Å². The SMILES string of the molecule is [C-]#[N+]c1ccc(-c2nc(-c3ccccc3)nc(-c3cccc(-c4ccc5c(c4)C(c4ccccc4)(c4ccccc4)c4ccccc4O5)c3)n2)cc1. The third kappa shape index (κ3) is 5.31. The number of aromatic nitrogens is 3. The lowest BCUT2D eigenvalue weighted by Crippen LogP contribution is -2.34. The fourth-order valence-electron chi connectivity index (χ4n) is 7.26. The molecule has 0 saturated heterocycles. The van der Waals surface area contributed by atoms with E-state index in [2.05, 4.69) is 114 Å². The summed E-state index contributed by atoms with van der Waals surface area (Å²) in [6.07, 6.45) is 0. The monoisotopic (exact) mass is 666 g/mol. The molecule has 1 aliphatic rings. The van der Waals surface area contributed by atoms with Gasteiger partial charge in [0.2, 0.25) is 0 Å². The number of hydrogen-bond donors (Lipinski definition) is 0. The highest BCUT2D eigenvalue weighted by atomic mass is 16.5. The maximum atomic E-state index is 7.37. The second-order valence-electron chi connectivity index (χ2n) is 12.7. The summed E-state index contributed by atoms with van der Waals surface area (Å²) in [6.45, 7) is 7.37. The lowest BCUT2D eigenvalue weighted by atomic mass is 9.63. The number of rotatable bonds is 6. The highest BCUT2D eigenvalue weighted by Crippen LogP contribution is 2.55. The van der Waals surface area contributed by atoms with Crippen LogP contribution in [0.4, 0.5) is 5.69 Å². The van der Waals surface area contributed by atoms with Gasteiger partial charge in [-0.15, -0.1) is 0 Å². The van der Waals surface area contributed by atoms with Gasteiger partial charge in [-0.3, -0.25) is 0 Å². The van der Waals surface area contributed by atoms with E-state index in [1.807, 2.05) is 60.7 Å². The molecule has 0 unspecified atom stereocenters. The highest BCUT2D eigenvalue weighted by Gasteiger charge is 2.45. The third-order valence-electron chi connectivity index (χ3n) is 9.68. The molecule has 0 aliphatic carbocycles. The van der Waals surface area contributed by atoms with Crippen molar-refractivity contribution >= 4 is 5.69 Å². The van der Waals surface area contributed by atoms with Crippen LogP contribution < -0.4 is 4.74 Å². The van der Waals surface area contributed by atoms with Gasteiger partial charge in [0.25, 0.3) is 0 Å². The molecule has 2 heterocycles. The van der Waals surface area contributed by atoms with Crippen molar-refractivity contribution in [3.05, 3.63) is 216 Å². The van der Waals surface area contributed by atoms with E-state index in [0.29, 0.717) is 23.2 Å². The molecule has 5 heteroatoms. The Bertz CT molecular complexity index is 2560. The molecule has 0 saturated carbocycles. The zero-order chi connectivity index (χ0) is 34.9. The number of benzene rings is 7. The van der Waals surface area contributed by atoms with Crippen molar-refractivity contribution in [2.45, 2.75) is 5.41 Å². The Hall–Kier alpha value is -7.16. The van der Waals surface area contributed by atoms with Gasteiger partial charge >= 0.3 is 0 Å². The first-order valence-corrected chi connectivity index (χ1v) is 17.1. The lowest BCUT2D eigenvalue weighted by molar-refractivity contribution is 0.434. The second kappa shape index (κ2) is 12.9. The number of ether oxygens (including phenoxy) is 1. The average molecular weight is 667 g/mol. The quantitative estimate of drug-likeness (QED) is 0.166. The van der Waals surface area contributed by atoms with Gasteiger partial charge in [-0.2, -0.15) is 0 Å². The van der Waals surface area contributed by atoms with Gasteiger partial charge < -0.3 is 4.74 Å². The minimum absolute atomic E-state index is 0.547. The van der Waals surface area contributed by atoms with Crippen LogP contribution in [0.5, 0.6) is 11.5 Å². The Morgan fingerprint density at radius 3 is 1.54 bits per heavy atom. The molecule has 1 aliphatic heterocycles. The van der Waals surface area contributed by atoms with Crippen molar-refractivity contribution in [3.8, 4) is 56.8 Å². The van der Waals surface area contributed by atoms with E-state index >= 15 is 0 Å². The van der Waals surface area contributed by atoms with Crippen LogP contribution in [-0.4, -0.2) is 15.0 Å². The second-order valence-corrected chi connectivity index (χ2v) is 12.7. The summed E-state index contributed by atoms with van der Waals surface area (Å²) in [5.41, 5.74) is 9.11. The number of hydrogen-bond acceptors (Lipinski definition) is 4. The molecular formula is C47H30N4O. The van der Waals surface area contributed by atoms with E-state index in [0.717, 1.165) is 50.4 Å². The zero-order valence-corrected chi connectivity index (χ0v) is 28.0. The normalized spacial score (nSPS) is 12.5. The van der Waals surface area contributed by atoms with E-state index in [1.54, 1.807) is 12.1 Å². The highest BCUT2D eigenvalue weighted by molar-refractivity contribution is 5.77. The molecule has 9 rings (SSSR count). The maximum Gasteiger partial charge on any atom is 0.187 e. The summed E-state index contributed by atoms with van der Waals surface area (Å²) in [7, 11) is 0. The van der Waals surface area contributed by atoms with E-state index in [1.165, 1.54) is 11.1 Å². The summed E-state index contributed by atoms with van der Waals surface area (Å²) >= 11 is 0. The molecule has 244 valence electrons. The minimum atomic E-state index is -0.614. The van der Waals surface area contributed by atoms with Crippen LogP contribution in [0.2, 0.25) is 0 Å². The third-order valence-corrected chi connectivity index (χ3v) is 9.68. The average Bonchev–Trinajstić information content (AvgIpc) is 3.23. The molecule has 0 N–H and O–H groups in total. The fourth-order valence-corrected chi connectivity index (χ4v) is 7.26. The fraction of sp³-hybridized carbons (Fsp3) is 0.0213. The summed E-state index contributed by atoms with van der Waals surface area (Å²) in [5.74, 6) is 3.37. The van der Waals surface area contributed by atoms with Gasteiger partial charge in [-0.05, 0) is 46.5 Å². The largest absolute Gasteiger partial charge is 0.457 e. The Kier molecular flexibility index (Phi) is 7.68. The maximum absolute atomic E-state index is 7.37. The van der Waals surface area contributed by atoms with Crippen LogP contribution in [0.15, 0.2) is 182 Å². The molecule has 1 aromatic heterocycles. The van der Waals surface area contributed by atoms with Crippen molar-refractivity contribution < 1.29 is 4.74 Å². The number of para-hydroxylation sites is 1. The van der Waals surface area contributed by atoms with Crippen molar-refractivity contribution in [1.82, 2.24) is 15.0 Å². The summed E-state index contributed by atoms with van der Waals surface area (Å²) in [4.78, 5) is 18.3.